The maximum atomic E-state index is 12.4. The van der Waals surface area contributed by atoms with E-state index in [0.717, 1.165) is 37.1 Å². The van der Waals surface area contributed by atoms with E-state index in [1.165, 1.54) is 24.2 Å². The van der Waals surface area contributed by atoms with Crippen LogP contribution in [0.25, 0.3) is 11.4 Å². The molecule has 2 aromatic heterocycles. The zero-order valence-electron chi connectivity index (χ0n) is 13.6. The molecule has 1 spiro atoms. The highest BCUT2D eigenvalue weighted by Gasteiger charge is 2.48. The maximum absolute atomic E-state index is 12.4. The maximum Gasteiger partial charge on any atom is 0.229 e. The van der Waals surface area contributed by atoms with Gasteiger partial charge in [0.1, 0.15) is 5.69 Å². The molecule has 2 fully saturated rings. The van der Waals surface area contributed by atoms with Gasteiger partial charge in [0.25, 0.3) is 0 Å². The van der Waals surface area contributed by atoms with Crippen LogP contribution in [0, 0.1) is 11.3 Å². The number of nitrogens with zero attached hydrogens (tertiary/aromatic N) is 2. The van der Waals surface area contributed by atoms with Crippen molar-refractivity contribution in [2.24, 2.45) is 17.1 Å². The van der Waals surface area contributed by atoms with Gasteiger partial charge in [0.05, 0.1) is 5.69 Å². The number of nitrogens with two attached hydrogens (primary N) is 1. The van der Waals surface area contributed by atoms with E-state index in [1.807, 2.05) is 23.6 Å². The van der Waals surface area contributed by atoms with Crippen molar-refractivity contribution in [1.82, 2.24) is 9.97 Å². The van der Waals surface area contributed by atoms with Gasteiger partial charge in [-0.3, -0.25) is 9.78 Å². The molecule has 2 saturated carbocycles. The number of anilines is 1. The molecule has 0 aliphatic heterocycles. The molecule has 0 bridgehead atoms. The molecule has 2 aliphatic carbocycles. The van der Waals surface area contributed by atoms with Gasteiger partial charge in [0, 0.05) is 23.5 Å². The summed E-state index contributed by atoms with van der Waals surface area (Å²) in [5, 5.41) is 5.57. The Balaban J connectivity index is 1.34. The third-order valence-electron chi connectivity index (χ3n) is 5.48. The van der Waals surface area contributed by atoms with Gasteiger partial charge in [0.2, 0.25) is 5.91 Å². The van der Waals surface area contributed by atoms with Crippen molar-refractivity contribution in [3.05, 3.63) is 29.8 Å². The van der Waals surface area contributed by atoms with Crippen molar-refractivity contribution in [3.63, 3.8) is 0 Å². The lowest BCUT2D eigenvalue weighted by Crippen LogP contribution is -2.46. The molecule has 24 heavy (non-hydrogen) atoms. The van der Waals surface area contributed by atoms with Crippen LogP contribution in [0.4, 0.5) is 5.13 Å². The Labute approximate surface area is 145 Å². The van der Waals surface area contributed by atoms with Gasteiger partial charge in [0.15, 0.2) is 5.13 Å². The van der Waals surface area contributed by atoms with Crippen molar-refractivity contribution in [2.45, 2.75) is 44.6 Å². The van der Waals surface area contributed by atoms with Gasteiger partial charge >= 0.3 is 0 Å². The van der Waals surface area contributed by atoms with Gasteiger partial charge in [-0.15, -0.1) is 11.3 Å². The van der Waals surface area contributed by atoms with Crippen LogP contribution in [0.3, 0.4) is 0 Å². The molecule has 5 nitrogen and oxygen atoms in total. The van der Waals surface area contributed by atoms with Crippen LogP contribution in [-0.4, -0.2) is 21.9 Å². The van der Waals surface area contributed by atoms with E-state index in [1.54, 1.807) is 6.20 Å². The zero-order valence-corrected chi connectivity index (χ0v) is 14.4. The number of carbonyl (C=O) groups excluding carboxylic acids is 1. The third kappa shape index (κ3) is 3.08. The highest BCUT2D eigenvalue weighted by Crippen LogP contribution is 2.54. The fourth-order valence-electron chi connectivity index (χ4n) is 4.00. The van der Waals surface area contributed by atoms with E-state index in [0.29, 0.717) is 16.6 Å². The predicted molar refractivity (Wildman–Crippen MR) is 95.6 cm³/mol. The molecule has 3 N–H and O–H groups in total. The number of rotatable bonds is 3. The van der Waals surface area contributed by atoms with Crippen molar-refractivity contribution in [2.75, 3.05) is 5.32 Å². The van der Waals surface area contributed by atoms with Gasteiger partial charge < -0.3 is 11.1 Å². The molecular weight excluding hydrogens is 320 g/mol. The predicted octanol–water partition coefficient (Wildman–Crippen LogP) is 3.44. The topological polar surface area (TPSA) is 80.9 Å². The second kappa shape index (κ2) is 6.26. The first-order chi connectivity index (χ1) is 11.6. The summed E-state index contributed by atoms with van der Waals surface area (Å²) in [6, 6.07) is 6.10. The van der Waals surface area contributed by atoms with E-state index in [4.69, 9.17) is 5.73 Å². The molecule has 0 radical (unpaired) electrons. The van der Waals surface area contributed by atoms with Crippen LogP contribution in [0.1, 0.15) is 38.5 Å². The van der Waals surface area contributed by atoms with Crippen molar-refractivity contribution >= 4 is 22.4 Å². The first-order valence-electron chi connectivity index (χ1n) is 8.57. The minimum atomic E-state index is 0.109. The molecular formula is C18H22N4OS. The molecule has 2 heterocycles. The van der Waals surface area contributed by atoms with Gasteiger partial charge in [-0.2, -0.15) is 0 Å². The Morgan fingerprint density at radius 2 is 2.04 bits per heavy atom. The number of pyridine rings is 1. The Kier molecular flexibility index (Phi) is 4.10. The standard InChI is InChI=1S/C18H22N4OS/c19-13-4-6-18(7-5-13)9-12(10-18)16(23)22-17-21-15(11-24-17)14-3-1-2-8-20-14/h1-3,8,11-13H,4-7,9-10,19H2,(H,21,22,23). The lowest BCUT2D eigenvalue weighted by atomic mass is 9.55. The largest absolute Gasteiger partial charge is 0.328 e. The smallest absolute Gasteiger partial charge is 0.229 e. The monoisotopic (exact) mass is 342 g/mol. The second-order valence-corrected chi connectivity index (χ2v) is 8.04. The normalized spacial score (nSPS) is 29.2. The number of carbonyl (C=O) groups is 1. The highest BCUT2D eigenvalue weighted by molar-refractivity contribution is 7.14. The van der Waals surface area contributed by atoms with Gasteiger partial charge in [-0.25, -0.2) is 4.98 Å². The minimum absolute atomic E-state index is 0.109. The fourth-order valence-corrected chi connectivity index (χ4v) is 4.71. The molecule has 0 atom stereocenters. The van der Waals surface area contributed by atoms with E-state index >= 15 is 0 Å². The molecule has 1 amide bonds. The zero-order chi connectivity index (χ0) is 16.6. The van der Waals surface area contributed by atoms with E-state index in [2.05, 4.69) is 15.3 Å². The van der Waals surface area contributed by atoms with Gasteiger partial charge in [-0.05, 0) is 56.1 Å². The first kappa shape index (κ1) is 15.7. The Morgan fingerprint density at radius 1 is 1.25 bits per heavy atom. The van der Waals surface area contributed by atoms with E-state index in [9.17, 15) is 4.79 Å². The summed E-state index contributed by atoms with van der Waals surface area (Å²) in [7, 11) is 0. The van der Waals surface area contributed by atoms with Crippen molar-refractivity contribution in [1.29, 1.82) is 0 Å². The second-order valence-electron chi connectivity index (χ2n) is 7.18. The lowest BCUT2D eigenvalue weighted by Gasteiger charge is -2.50. The van der Waals surface area contributed by atoms with Gasteiger partial charge in [-0.1, -0.05) is 6.07 Å². The van der Waals surface area contributed by atoms with E-state index < -0.39 is 0 Å². The summed E-state index contributed by atoms with van der Waals surface area (Å²) in [4.78, 5) is 21.2. The van der Waals surface area contributed by atoms with E-state index in [-0.39, 0.29) is 11.8 Å². The summed E-state index contributed by atoms with van der Waals surface area (Å²) in [6.07, 6.45) is 8.32. The van der Waals surface area contributed by atoms with Crippen LogP contribution < -0.4 is 11.1 Å². The summed E-state index contributed by atoms with van der Waals surface area (Å²) >= 11 is 1.45. The Bertz CT molecular complexity index is 714. The molecule has 0 unspecified atom stereocenters. The quantitative estimate of drug-likeness (QED) is 0.895. The number of hydrogen-bond acceptors (Lipinski definition) is 5. The lowest BCUT2D eigenvalue weighted by molar-refractivity contribution is -0.128. The first-order valence-corrected chi connectivity index (χ1v) is 9.45. The molecule has 6 heteroatoms. The van der Waals surface area contributed by atoms with Crippen LogP contribution >= 0.6 is 11.3 Å². The number of amides is 1. The number of thiazole rings is 1. The average Bonchev–Trinajstić information content (AvgIpc) is 3.03. The molecule has 0 aromatic carbocycles. The van der Waals surface area contributed by atoms with Crippen LogP contribution in [0.5, 0.6) is 0 Å². The van der Waals surface area contributed by atoms with Crippen LogP contribution in [0.15, 0.2) is 29.8 Å². The number of nitrogens with one attached hydrogen (secondary N) is 1. The van der Waals surface area contributed by atoms with Crippen molar-refractivity contribution < 1.29 is 4.79 Å². The fraction of sp³-hybridized carbons (Fsp3) is 0.500. The highest BCUT2D eigenvalue weighted by atomic mass is 32.1. The molecule has 2 aromatic rings. The number of hydrogen-bond donors (Lipinski definition) is 2. The van der Waals surface area contributed by atoms with Crippen LogP contribution in [0.2, 0.25) is 0 Å². The molecule has 126 valence electrons. The third-order valence-corrected chi connectivity index (χ3v) is 6.24. The average molecular weight is 342 g/mol. The van der Waals surface area contributed by atoms with Crippen LogP contribution in [-0.2, 0) is 4.79 Å². The summed E-state index contributed by atoms with van der Waals surface area (Å²) in [5.74, 6) is 0.235. The summed E-state index contributed by atoms with van der Waals surface area (Å²) in [6.45, 7) is 0. The molecule has 4 rings (SSSR count). The Morgan fingerprint density at radius 3 is 2.75 bits per heavy atom. The SMILES string of the molecule is NC1CCC2(CC1)CC(C(=O)Nc1nc(-c3ccccn3)cs1)C2. The molecule has 2 aliphatic rings. The number of aromatic nitrogens is 2. The summed E-state index contributed by atoms with van der Waals surface area (Å²) < 4.78 is 0. The van der Waals surface area contributed by atoms with Crippen molar-refractivity contribution in [3.8, 4) is 11.4 Å². The Hall–Kier alpha value is -1.79. The molecule has 0 saturated heterocycles. The summed E-state index contributed by atoms with van der Waals surface area (Å²) in [5.41, 5.74) is 8.02. The minimum Gasteiger partial charge on any atom is -0.328 e.